The molecule has 6 nitrogen and oxygen atoms in total. The number of carbonyl (C=O) groups excluding carboxylic acids is 2. The maximum atomic E-state index is 12.9. The van der Waals surface area contributed by atoms with Crippen molar-refractivity contribution in [1.29, 1.82) is 0 Å². The molecule has 0 bridgehead atoms. The Bertz CT molecular complexity index is 653. The van der Waals surface area contributed by atoms with Gasteiger partial charge in [-0.2, -0.15) is 0 Å². The number of piperidine rings is 1. The zero-order chi connectivity index (χ0) is 18.7. The van der Waals surface area contributed by atoms with Gasteiger partial charge < -0.3 is 19.6 Å². The van der Waals surface area contributed by atoms with Gasteiger partial charge >= 0.3 is 6.03 Å². The van der Waals surface area contributed by atoms with Crippen molar-refractivity contribution in [3.8, 4) is 0 Å². The summed E-state index contributed by atoms with van der Waals surface area (Å²) in [5.74, 6) is 0.156. The lowest BCUT2D eigenvalue weighted by Crippen LogP contribution is -2.53. The molecule has 6 heteroatoms. The molecule has 1 aromatic rings. The Morgan fingerprint density at radius 1 is 1.04 bits per heavy atom. The van der Waals surface area contributed by atoms with Crippen LogP contribution in [0, 0.1) is 12.8 Å². The fraction of sp³-hybridized carbons (Fsp3) is 0.600. The van der Waals surface area contributed by atoms with Crippen molar-refractivity contribution in [3.05, 3.63) is 29.8 Å². The highest BCUT2D eigenvalue weighted by Crippen LogP contribution is 2.22. The molecule has 1 atom stereocenters. The number of carbonyl (C=O) groups is 2. The minimum atomic E-state index is -0.0573. The van der Waals surface area contributed by atoms with E-state index in [0.717, 1.165) is 45.6 Å². The Morgan fingerprint density at radius 3 is 2.42 bits per heavy atom. The number of nitrogens with zero attached hydrogens (tertiary/aromatic N) is 4. The summed E-state index contributed by atoms with van der Waals surface area (Å²) in [6.07, 6.45) is 1.79. The summed E-state index contributed by atoms with van der Waals surface area (Å²) in [5.41, 5.74) is 2.49. The Hall–Kier alpha value is -2.24. The molecule has 0 N–H and O–H groups in total. The van der Waals surface area contributed by atoms with Crippen molar-refractivity contribution >= 4 is 17.6 Å². The standard InChI is InChI=1S/C20H30N4O2/c1-16-6-4-8-18(14-16)22-10-12-23(13-11-22)19(25)17-7-5-9-24(15-17)20(26)21(2)3/h4,6,8,14,17H,5,7,9-13,15H2,1-3H3/t17-/m1/s1. The molecular weight excluding hydrogens is 328 g/mol. The largest absolute Gasteiger partial charge is 0.368 e. The van der Waals surface area contributed by atoms with Crippen LogP contribution in [0.25, 0.3) is 0 Å². The molecule has 2 heterocycles. The first-order chi connectivity index (χ1) is 12.5. The van der Waals surface area contributed by atoms with Gasteiger partial charge in [0.05, 0.1) is 5.92 Å². The number of aryl methyl sites for hydroxylation is 1. The van der Waals surface area contributed by atoms with Crippen LogP contribution in [0.1, 0.15) is 18.4 Å². The third-order valence-electron chi connectivity index (χ3n) is 5.38. The molecule has 3 amide bonds. The lowest BCUT2D eigenvalue weighted by Gasteiger charge is -2.40. The summed E-state index contributed by atoms with van der Waals surface area (Å²) < 4.78 is 0. The summed E-state index contributed by atoms with van der Waals surface area (Å²) in [6.45, 7) is 6.64. The monoisotopic (exact) mass is 358 g/mol. The minimum Gasteiger partial charge on any atom is -0.368 e. The predicted octanol–water partition coefficient (Wildman–Crippen LogP) is 2.04. The van der Waals surface area contributed by atoms with E-state index in [-0.39, 0.29) is 17.9 Å². The van der Waals surface area contributed by atoms with Crippen LogP contribution in [-0.4, -0.2) is 80.0 Å². The Balaban J connectivity index is 1.55. The number of hydrogen-bond donors (Lipinski definition) is 0. The van der Waals surface area contributed by atoms with Crippen LogP contribution in [-0.2, 0) is 4.79 Å². The number of piperazine rings is 1. The molecule has 1 aromatic carbocycles. The van der Waals surface area contributed by atoms with E-state index < -0.39 is 0 Å². The lowest BCUT2D eigenvalue weighted by molar-refractivity contribution is -0.137. The topological polar surface area (TPSA) is 47.1 Å². The van der Waals surface area contributed by atoms with Crippen LogP contribution in [0.3, 0.4) is 0 Å². The quantitative estimate of drug-likeness (QED) is 0.813. The number of urea groups is 1. The molecule has 0 aromatic heterocycles. The second-order valence-corrected chi connectivity index (χ2v) is 7.61. The van der Waals surface area contributed by atoms with E-state index in [9.17, 15) is 9.59 Å². The molecule has 2 fully saturated rings. The van der Waals surface area contributed by atoms with Crippen molar-refractivity contribution in [2.45, 2.75) is 19.8 Å². The molecule has 3 rings (SSSR count). The van der Waals surface area contributed by atoms with Gasteiger partial charge in [-0.15, -0.1) is 0 Å². The smallest absolute Gasteiger partial charge is 0.319 e. The van der Waals surface area contributed by atoms with E-state index in [4.69, 9.17) is 0 Å². The van der Waals surface area contributed by atoms with Gasteiger partial charge in [-0.05, 0) is 37.5 Å². The summed E-state index contributed by atoms with van der Waals surface area (Å²) >= 11 is 0. The van der Waals surface area contributed by atoms with Gasteiger partial charge in [0.1, 0.15) is 0 Å². The third-order valence-corrected chi connectivity index (χ3v) is 5.38. The number of hydrogen-bond acceptors (Lipinski definition) is 3. The molecule has 26 heavy (non-hydrogen) atoms. The van der Waals surface area contributed by atoms with Crippen LogP contribution < -0.4 is 4.90 Å². The van der Waals surface area contributed by atoms with E-state index in [1.54, 1.807) is 19.0 Å². The summed E-state index contributed by atoms with van der Waals surface area (Å²) in [5, 5.41) is 0. The van der Waals surface area contributed by atoms with E-state index in [0.29, 0.717) is 6.54 Å². The van der Waals surface area contributed by atoms with E-state index in [1.807, 2.05) is 9.80 Å². The number of benzene rings is 1. The SMILES string of the molecule is Cc1cccc(N2CCN(C(=O)[C@@H]3CCCN(C(=O)N(C)C)C3)CC2)c1. The van der Waals surface area contributed by atoms with Gasteiger partial charge in [0.2, 0.25) is 5.91 Å². The minimum absolute atomic E-state index is 0.00627. The molecule has 2 saturated heterocycles. The summed E-state index contributed by atoms with van der Waals surface area (Å²) in [4.78, 5) is 32.9. The predicted molar refractivity (Wildman–Crippen MR) is 103 cm³/mol. The second kappa shape index (κ2) is 7.98. The van der Waals surface area contributed by atoms with Crippen molar-refractivity contribution in [2.75, 3.05) is 58.3 Å². The molecular formula is C20H30N4O2. The number of rotatable bonds is 2. The highest BCUT2D eigenvalue weighted by Gasteiger charge is 2.33. The Labute approximate surface area is 156 Å². The first kappa shape index (κ1) is 18.5. The molecule has 0 spiro atoms. The zero-order valence-corrected chi connectivity index (χ0v) is 16.1. The molecule has 0 aliphatic carbocycles. The summed E-state index contributed by atoms with van der Waals surface area (Å²) in [6, 6.07) is 8.53. The highest BCUT2D eigenvalue weighted by atomic mass is 16.2. The van der Waals surface area contributed by atoms with E-state index in [1.165, 1.54) is 11.3 Å². The van der Waals surface area contributed by atoms with Gasteiger partial charge in [-0.3, -0.25) is 4.79 Å². The maximum absolute atomic E-state index is 12.9. The first-order valence-corrected chi connectivity index (χ1v) is 9.52. The molecule has 0 radical (unpaired) electrons. The average Bonchev–Trinajstić information content (AvgIpc) is 2.67. The maximum Gasteiger partial charge on any atom is 0.319 e. The Kier molecular flexibility index (Phi) is 5.69. The third kappa shape index (κ3) is 4.11. The molecule has 2 aliphatic rings. The van der Waals surface area contributed by atoms with Crippen LogP contribution in [0.5, 0.6) is 0 Å². The molecule has 142 valence electrons. The highest BCUT2D eigenvalue weighted by molar-refractivity contribution is 5.81. The second-order valence-electron chi connectivity index (χ2n) is 7.61. The van der Waals surface area contributed by atoms with Gasteiger partial charge in [-0.1, -0.05) is 12.1 Å². The van der Waals surface area contributed by atoms with Gasteiger partial charge in [0.15, 0.2) is 0 Å². The normalized spacial score (nSPS) is 20.9. The zero-order valence-electron chi connectivity index (χ0n) is 16.1. The van der Waals surface area contributed by atoms with Crippen molar-refractivity contribution in [2.24, 2.45) is 5.92 Å². The van der Waals surface area contributed by atoms with Crippen LogP contribution in [0.4, 0.5) is 10.5 Å². The van der Waals surface area contributed by atoms with Crippen LogP contribution >= 0.6 is 0 Å². The number of anilines is 1. The van der Waals surface area contributed by atoms with Crippen molar-refractivity contribution < 1.29 is 9.59 Å². The van der Waals surface area contributed by atoms with Crippen LogP contribution in [0.15, 0.2) is 24.3 Å². The number of amides is 3. The van der Waals surface area contributed by atoms with E-state index >= 15 is 0 Å². The summed E-state index contributed by atoms with van der Waals surface area (Å²) in [7, 11) is 3.52. The van der Waals surface area contributed by atoms with Crippen molar-refractivity contribution in [1.82, 2.24) is 14.7 Å². The number of likely N-dealkylation sites (tertiary alicyclic amines) is 1. The fourth-order valence-corrected chi connectivity index (χ4v) is 3.90. The van der Waals surface area contributed by atoms with Gasteiger partial charge in [0.25, 0.3) is 0 Å². The van der Waals surface area contributed by atoms with Gasteiger partial charge in [0, 0.05) is 59.1 Å². The van der Waals surface area contributed by atoms with Gasteiger partial charge in [-0.25, -0.2) is 4.79 Å². The first-order valence-electron chi connectivity index (χ1n) is 9.52. The Morgan fingerprint density at radius 2 is 1.77 bits per heavy atom. The molecule has 0 unspecified atom stereocenters. The van der Waals surface area contributed by atoms with Crippen molar-refractivity contribution in [3.63, 3.8) is 0 Å². The van der Waals surface area contributed by atoms with Crippen LogP contribution in [0.2, 0.25) is 0 Å². The fourth-order valence-electron chi connectivity index (χ4n) is 3.90. The molecule has 2 aliphatic heterocycles. The lowest BCUT2D eigenvalue weighted by atomic mass is 9.96. The van der Waals surface area contributed by atoms with E-state index in [2.05, 4.69) is 36.1 Å². The average molecular weight is 358 g/mol. The molecule has 0 saturated carbocycles.